The summed E-state index contributed by atoms with van der Waals surface area (Å²) < 4.78 is 5.38. The lowest BCUT2D eigenvalue weighted by Crippen LogP contribution is -2.51. The quantitative estimate of drug-likeness (QED) is 0.755. The summed E-state index contributed by atoms with van der Waals surface area (Å²) in [5.74, 6) is 0.768. The van der Waals surface area contributed by atoms with Gasteiger partial charge in [0.1, 0.15) is 0 Å². The molecule has 0 aliphatic carbocycles. The Balaban J connectivity index is 1.59. The molecule has 0 aromatic rings. The first-order valence-corrected chi connectivity index (χ1v) is 7.90. The molecular weight excluding hydrogens is 238 g/mol. The topological polar surface area (TPSA) is 27.7 Å². The molecule has 1 N–H and O–H groups in total. The van der Waals surface area contributed by atoms with Gasteiger partial charge in [-0.15, -0.1) is 0 Å². The molecule has 0 spiro atoms. The smallest absolute Gasteiger partial charge is 0.0594 e. The molecule has 2 rings (SSSR count). The fourth-order valence-electron chi connectivity index (χ4n) is 3.24. The van der Waals surface area contributed by atoms with Crippen molar-refractivity contribution in [3.05, 3.63) is 0 Å². The van der Waals surface area contributed by atoms with Crippen LogP contribution in [-0.2, 0) is 4.74 Å². The maximum atomic E-state index is 5.38. The van der Waals surface area contributed by atoms with E-state index < -0.39 is 0 Å². The normalized spacial score (nSPS) is 34.6. The average Bonchev–Trinajstić information content (AvgIpc) is 2.41. The largest absolute Gasteiger partial charge is 0.379 e. The van der Waals surface area contributed by atoms with Gasteiger partial charge in [-0.1, -0.05) is 6.92 Å². The number of likely N-dealkylation sites (tertiary alicyclic amines) is 1. The van der Waals surface area contributed by atoms with Crippen LogP contribution in [0.3, 0.4) is 0 Å². The van der Waals surface area contributed by atoms with Crippen molar-refractivity contribution in [2.45, 2.75) is 38.8 Å². The van der Waals surface area contributed by atoms with Crippen LogP contribution in [0.4, 0.5) is 0 Å². The third-order valence-electron chi connectivity index (χ3n) is 4.77. The third kappa shape index (κ3) is 4.71. The van der Waals surface area contributed by atoms with Crippen LogP contribution in [0.5, 0.6) is 0 Å². The summed E-state index contributed by atoms with van der Waals surface area (Å²) in [5.41, 5.74) is 0. The Bertz CT molecular complexity index is 256. The number of nitrogens with zero attached hydrogens (tertiary/aromatic N) is 2. The molecule has 0 saturated carbocycles. The Kier molecular flexibility index (Phi) is 6.07. The molecule has 2 fully saturated rings. The molecule has 3 atom stereocenters. The summed E-state index contributed by atoms with van der Waals surface area (Å²) in [4.78, 5) is 5.00. The van der Waals surface area contributed by atoms with Gasteiger partial charge in [0.15, 0.2) is 0 Å². The van der Waals surface area contributed by atoms with Crippen molar-refractivity contribution in [2.75, 3.05) is 53.0 Å². The molecule has 2 saturated heterocycles. The van der Waals surface area contributed by atoms with E-state index in [1.807, 2.05) is 0 Å². The van der Waals surface area contributed by atoms with Gasteiger partial charge in [-0.25, -0.2) is 0 Å². The van der Waals surface area contributed by atoms with Crippen LogP contribution >= 0.6 is 0 Å². The predicted octanol–water partition coefficient (Wildman–Crippen LogP) is 1.03. The summed E-state index contributed by atoms with van der Waals surface area (Å²) in [5, 5.41) is 3.78. The van der Waals surface area contributed by atoms with Gasteiger partial charge < -0.3 is 15.0 Å². The minimum atomic E-state index is 0.705. The average molecular weight is 269 g/mol. The van der Waals surface area contributed by atoms with Crippen LogP contribution < -0.4 is 5.32 Å². The van der Waals surface area contributed by atoms with Crippen molar-refractivity contribution in [2.24, 2.45) is 5.92 Å². The van der Waals surface area contributed by atoms with Crippen molar-refractivity contribution < 1.29 is 4.74 Å². The highest BCUT2D eigenvalue weighted by Crippen LogP contribution is 2.20. The minimum Gasteiger partial charge on any atom is -0.379 e. The molecule has 2 aliphatic heterocycles. The summed E-state index contributed by atoms with van der Waals surface area (Å²) in [7, 11) is 2.25. The predicted molar refractivity (Wildman–Crippen MR) is 79.5 cm³/mol. The van der Waals surface area contributed by atoms with Gasteiger partial charge in [0.05, 0.1) is 13.2 Å². The summed E-state index contributed by atoms with van der Waals surface area (Å²) >= 11 is 0. The molecule has 4 heteroatoms. The van der Waals surface area contributed by atoms with E-state index in [-0.39, 0.29) is 0 Å². The van der Waals surface area contributed by atoms with Gasteiger partial charge in [-0.3, -0.25) is 4.90 Å². The van der Waals surface area contributed by atoms with E-state index in [2.05, 4.69) is 36.0 Å². The van der Waals surface area contributed by atoms with Crippen LogP contribution in [0.2, 0.25) is 0 Å². The summed E-state index contributed by atoms with van der Waals surface area (Å²) in [6.07, 6.45) is 2.54. The number of hydrogen-bond donors (Lipinski definition) is 1. The fraction of sp³-hybridized carbons (Fsp3) is 1.00. The molecule has 3 unspecified atom stereocenters. The molecule has 112 valence electrons. The fourth-order valence-corrected chi connectivity index (χ4v) is 3.24. The number of nitrogens with one attached hydrogen (secondary N) is 1. The van der Waals surface area contributed by atoms with Gasteiger partial charge in [0, 0.05) is 31.7 Å². The van der Waals surface area contributed by atoms with Gasteiger partial charge in [0.2, 0.25) is 0 Å². The van der Waals surface area contributed by atoms with E-state index in [9.17, 15) is 0 Å². The first-order valence-electron chi connectivity index (χ1n) is 7.90. The standard InChI is InChI=1S/C15H31N3O/c1-13-12-17(3)14(2)11-15(13)16-5-4-6-18-7-9-19-10-8-18/h13-16H,4-12H2,1-3H3. The maximum Gasteiger partial charge on any atom is 0.0594 e. The zero-order valence-corrected chi connectivity index (χ0v) is 12.9. The first-order chi connectivity index (χ1) is 9.16. The van der Waals surface area contributed by atoms with Gasteiger partial charge in [-0.2, -0.15) is 0 Å². The van der Waals surface area contributed by atoms with E-state index in [0.717, 1.165) is 38.8 Å². The van der Waals surface area contributed by atoms with Crippen molar-refractivity contribution in [3.8, 4) is 0 Å². The van der Waals surface area contributed by atoms with Crippen LogP contribution in [0, 0.1) is 5.92 Å². The Labute approximate surface area is 118 Å². The molecule has 0 aromatic carbocycles. The van der Waals surface area contributed by atoms with Crippen LogP contribution in [0.1, 0.15) is 26.7 Å². The van der Waals surface area contributed by atoms with Gasteiger partial charge >= 0.3 is 0 Å². The second-order valence-corrected chi connectivity index (χ2v) is 6.37. The van der Waals surface area contributed by atoms with E-state index in [1.54, 1.807) is 0 Å². The molecule has 19 heavy (non-hydrogen) atoms. The maximum absolute atomic E-state index is 5.38. The molecule has 0 aromatic heterocycles. The van der Waals surface area contributed by atoms with Crippen molar-refractivity contribution >= 4 is 0 Å². The molecule has 2 heterocycles. The van der Waals surface area contributed by atoms with Crippen LogP contribution in [-0.4, -0.2) is 74.9 Å². The Morgan fingerprint density at radius 2 is 1.95 bits per heavy atom. The highest BCUT2D eigenvalue weighted by atomic mass is 16.5. The molecule has 4 nitrogen and oxygen atoms in total. The van der Waals surface area contributed by atoms with Crippen molar-refractivity contribution in [3.63, 3.8) is 0 Å². The highest BCUT2D eigenvalue weighted by molar-refractivity contribution is 4.86. The lowest BCUT2D eigenvalue weighted by molar-refractivity contribution is 0.0370. The SMILES string of the molecule is CC1CN(C)C(C)CC1NCCCN1CCOCC1. The molecular formula is C15H31N3O. The van der Waals surface area contributed by atoms with Crippen molar-refractivity contribution in [1.82, 2.24) is 15.1 Å². The van der Waals surface area contributed by atoms with Crippen molar-refractivity contribution in [1.29, 1.82) is 0 Å². The Morgan fingerprint density at radius 1 is 1.21 bits per heavy atom. The lowest BCUT2D eigenvalue weighted by atomic mass is 9.90. The van der Waals surface area contributed by atoms with Gasteiger partial charge in [-0.05, 0) is 45.8 Å². The monoisotopic (exact) mass is 269 g/mol. The number of piperidine rings is 1. The minimum absolute atomic E-state index is 0.705. The van der Waals surface area contributed by atoms with Gasteiger partial charge in [0.25, 0.3) is 0 Å². The Morgan fingerprint density at radius 3 is 2.68 bits per heavy atom. The second-order valence-electron chi connectivity index (χ2n) is 6.37. The van der Waals surface area contributed by atoms with E-state index in [1.165, 1.54) is 25.9 Å². The first kappa shape index (κ1) is 15.2. The lowest BCUT2D eigenvalue weighted by Gasteiger charge is -2.40. The Hall–Kier alpha value is -0.160. The molecule has 0 bridgehead atoms. The highest BCUT2D eigenvalue weighted by Gasteiger charge is 2.28. The number of ether oxygens (including phenoxy) is 1. The van der Waals surface area contributed by atoms with E-state index in [4.69, 9.17) is 4.74 Å². The molecule has 0 amide bonds. The van der Waals surface area contributed by atoms with E-state index >= 15 is 0 Å². The number of rotatable bonds is 5. The zero-order valence-electron chi connectivity index (χ0n) is 12.9. The van der Waals surface area contributed by atoms with Crippen LogP contribution in [0.25, 0.3) is 0 Å². The summed E-state index contributed by atoms with van der Waals surface area (Å²) in [6.45, 7) is 12.4. The van der Waals surface area contributed by atoms with Crippen LogP contribution in [0.15, 0.2) is 0 Å². The number of hydrogen-bond acceptors (Lipinski definition) is 4. The second kappa shape index (κ2) is 7.58. The zero-order chi connectivity index (χ0) is 13.7. The molecule has 0 radical (unpaired) electrons. The van der Waals surface area contributed by atoms with E-state index in [0.29, 0.717) is 12.1 Å². The third-order valence-corrected chi connectivity index (χ3v) is 4.77. The molecule has 2 aliphatic rings. The number of morpholine rings is 1. The summed E-state index contributed by atoms with van der Waals surface area (Å²) in [6, 6.07) is 1.42.